The van der Waals surface area contributed by atoms with E-state index in [1.54, 1.807) is 0 Å². The van der Waals surface area contributed by atoms with Crippen molar-refractivity contribution in [2.24, 2.45) is 11.7 Å². The summed E-state index contributed by atoms with van der Waals surface area (Å²) in [4.78, 5) is 4.43. The van der Waals surface area contributed by atoms with Gasteiger partial charge in [0.25, 0.3) is 0 Å². The Balaban J connectivity index is 1.93. The summed E-state index contributed by atoms with van der Waals surface area (Å²) in [6, 6.07) is 0.292. The van der Waals surface area contributed by atoms with Crippen LogP contribution in [0.5, 0.6) is 0 Å². The van der Waals surface area contributed by atoms with Gasteiger partial charge in [-0.25, -0.2) is 4.98 Å². The molecule has 1 atom stereocenters. The van der Waals surface area contributed by atoms with Crippen molar-refractivity contribution in [1.29, 1.82) is 0 Å². The SMILES string of the molecule is CCn1ccnc1CC(N)C1CCCCCC1. The number of aryl methyl sites for hydroxylation is 1. The minimum atomic E-state index is 0.292. The zero-order valence-corrected chi connectivity index (χ0v) is 10.9. The van der Waals surface area contributed by atoms with E-state index in [0.29, 0.717) is 12.0 Å². The maximum atomic E-state index is 6.38. The molecule has 1 aromatic heterocycles. The number of nitrogens with zero attached hydrogens (tertiary/aromatic N) is 2. The maximum Gasteiger partial charge on any atom is 0.110 e. The van der Waals surface area contributed by atoms with Crippen molar-refractivity contribution in [2.45, 2.75) is 64.5 Å². The molecule has 1 saturated carbocycles. The van der Waals surface area contributed by atoms with Crippen LogP contribution in [0.3, 0.4) is 0 Å². The first kappa shape index (κ1) is 12.6. The van der Waals surface area contributed by atoms with Crippen LogP contribution in [0.2, 0.25) is 0 Å². The van der Waals surface area contributed by atoms with Crippen LogP contribution in [-0.2, 0) is 13.0 Å². The van der Waals surface area contributed by atoms with Gasteiger partial charge < -0.3 is 10.3 Å². The van der Waals surface area contributed by atoms with Gasteiger partial charge in [-0.1, -0.05) is 25.7 Å². The second-order valence-corrected chi connectivity index (χ2v) is 5.25. The quantitative estimate of drug-likeness (QED) is 0.815. The average molecular weight is 235 g/mol. The Kier molecular flexibility index (Phi) is 4.60. The predicted molar refractivity (Wildman–Crippen MR) is 70.8 cm³/mol. The number of imidazole rings is 1. The highest BCUT2D eigenvalue weighted by Crippen LogP contribution is 2.25. The summed E-state index contributed by atoms with van der Waals surface area (Å²) in [6.45, 7) is 3.15. The summed E-state index contributed by atoms with van der Waals surface area (Å²) in [5, 5.41) is 0. The molecule has 0 radical (unpaired) electrons. The zero-order valence-electron chi connectivity index (χ0n) is 10.9. The van der Waals surface area contributed by atoms with Gasteiger partial charge in [0.1, 0.15) is 5.82 Å². The molecule has 96 valence electrons. The van der Waals surface area contributed by atoms with Crippen LogP contribution in [-0.4, -0.2) is 15.6 Å². The Morgan fingerprint density at radius 3 is 2.71 bits per heavy atom. The van der Waals surface area contributed by atoms with E-state index in [-0.39, 0.29) is 0 Å². The molecule has 1 unspecified atom stereocenters. The lowest BCUT2D eigenvalue weighted by molar-refractivity contribution is 0.365. The van der Waals surface area contributed by atoms with Gasteiger partial charge >= 0.3 is 0 Å². The monoisotopic (exact) mass is 235 g/mol. The topological polar surface area (TPSA) is 43.8 Å². The maximum absolute atomic E-state index is 6.38. The van der Waals surface area contributed by atoms with E-state index in [4.69, 9.17) is 5.73 Å². The van der Waals surface area contributed by atoms with E-state index in [2.05, 4.69) is 22.7 Å². The third kappa shape index (κ3) is 3.32. The molecule has 2 rings (SSSR count). The van der Waals surface area contributed by atoms with Gasteiger partial charge in [-0.2, -0.15) is 0 Å². The Morgan fingerprint density at radius 1 is 1.35 bits per heavy atom. The Labute approximate surface area is 104 Å². The third-order valence-electron chi connectivity index (χ3n) is 4.07. The van der Waals surface area contributed by atoms with Gasteiger partial charge in [0.05, 0.1) is 0 Å². The van der Waals surface area contributed by atoms with Crippen molar-refractivity contribution >= 4 is 0 Å². The van der Waals surface area contributed by atoms with Gasteiger partial charge in [-0.15, -0.1) is 0 Å². The van der Waals surface area contributed by atoms with E-state index < -0.39 is 0 Å². The molecule has 1 aliphatic carbocycles. The molecule has 0 aliphatic heterocycles. The first-order chi connectivity index (χ1) is 8.31. The van der Waals surface area contributed by atoms with Crippen LogP contribution in [0.15, 0.2) is 12.4 Å². The molecule has 1 aliphatic rings. The fraction of sp³-hybridized carbons (Fsp3) is 0.786. The minimum absolute atomic E-state index is 0.292. The number of hydrogen-bond acceptors (Lipinski definition) is 2. The molecule has 3 heteroatoms. The fourth-order valence-corrected chi connectivity index (χ4v) is 2.93. The molecule has 3 nitrogen and oxygen atoms in total. The van der Waals surface area contributed by atoms with Crippen LogP contribution in [0.1, 0.15) is 51.3 Å². The zero-order chi connectivity index (χ0) is 12.1. The third-order valence-corrected chi connectivity index (χ3v) is 4.07. The van der Waals surface area contributed by atoms with Crippen LogP contribution in [0.4, 0.5) is 0 Å². The number of hydrogen-bond donors (Lipinski definition) is 1. The summed E-state index contributed by atoms with van der Waals surface area (Å²) < 4.78 is 2.20. The van der Waals surface area contributed by atoms with E-state index >= 15 is 0 Å². The highest BCUT2D eigenvalue weighted by molar-refractivity contribution is 4.96. The van der Waals surface area contributed by atoms with Crippen molar-refractivity contribution in [2.75, 3.05) is 0 Å². The van der Waals surface area contributed by atoms with Crippen LogP contribution in [0.25, 0.3) is 0 Å². The van der Waals surface area contributed by atoms with Crippen molar-refractivity contribution in [3.8, 4) is 0 Å². The van der Waals surface area contributed by atoms with E-state index in [1.807, 2.05) is 6.20 Å². The Hall–Kier alpha value is -0.830. The lowest BCUT2D eigenvalue weighted by Crippen LogP contribution is -2.33. The average Bonchev–Trinajstić information content (AvgIpc) is 2.62. The molecule has 1 fully saturated rings. The van der Waals surface area contributed by atoms with Crippen LogP contribution in [0, 0.1) is 5.92 Å². The smallest absolute Gasteiger partial charge is 0.110 e. The predicted octanol–water partition coefficient (Wildman–Crippen LogP) is 2.74. The van der Waals surface area contributed by atoms with E-state index in [0.717, 1.165) is 18.8 Å². The summed E-state index contributed by atoms with van der Waals surface area (Å²) >= 11 is 0. The molecule has 1 aromatic rings. The molecule has 0 amide bonds. The van der Waals surface area contributed by atoms with Crippen LogP contribution < -0.4 is 5.73 Å². The largest absolute Gasteiger partial charge is 0.335 e. The first-order valence-corrected chi connectivity index (χ1v) is 7.07. The van der Waals surface area contributed by atoms with Crippen molar-refractivity contribution in [3.63, 3.8) is 0 Å². The molecule has 1 heterocycles. The highest BCUT2D eigenvalue weighted by atomic mass is 15.1. The van der Waals surface area contributed by atoms with Gasteiger partial charge in [0.15, 0.2) is 0 Å². The number of rotatable bonds is 4. The molecule has 0 bridgehead atoms. The van der Waals surface area contributed by atoms with E-state index in [9.17, 15) is 0 Å². The Morgan fingerprint density at radius 2 is 2.06 bits per heavy atom. The summed E-state index contributed by atoms with van der Waals surface area (Å²) in [5.41, 5.74) is 6.38. The molecule has 0 saturated heterocycles. The summed E-state index contributed by atoms with van der Waals surface area (Å²) in [7, 11) is 0. The molecule has 2 N–H and O–H groups in total. The number of aromatic nitrogens is 2. The first-order valence-electron chi connectivity index (χ1n) is 7.07. The molecule has 0 aromatic carbocycles. The summed E-state index contributed by atoms with van der Waals surface area (Å²) in [5.74, 6) is 1.86. The van der Waals surface area contributed by atoms with Crippen LogP contribution >= 0.6 is 0 Å². The van der Waals surface area contributed by atoms with Crippen molar-refractivity contribution < 1.29 is 0 Å². The Bertz CT molecular complexity index is 324. The molecular weight excluding hydrogens is 210 g/mol. The molecular formula is C14H25N3. The van der Waals surface area contributed by atoms with Gasteiger partial charge in [0.2, 0.25) is 0 Å². The second kappa shape index (κ2) is 6.20. The van der Waals surface area contributed by atoms with Crippen molar-refractivity contribution in [3.05, 3.63) is 18.2 Å². The fourth-order valence-electron chi connectivity index (χ4n) is 2.93. The second-order valence-electron chi connectivity index (χ2n) is 5.25. The standard InChI is InChI=1S/C14H25N3/c1-2-17-10-9-16-14(17)11-13(15)12-7-5-3-4-6-8-12/h9-10,12-13H,2-8,11,15H2,1H3. The lowest BCUT2D eigenvalue weighted by Gasteiger charge is -2.22. The highest BCUT2D eigenvalue weighted by Gasteiger charge is 2.21. The van der Waals surface area contributed by atoms with Crippen molar-refractivity contribution in [1.82, 2.24) is 9.55 Å². The number of nitrogens with two attached hydrogens (primary N) is 1. The molecule has 17 heavy (non-hydrogen) atoms. The minimum Gasteiger partial charge on any atom is -0.335 e. The van der Waals surface area contributed by atoms with Gasteiger partial charge in [0, 0.05) is 31.4 Å². The normalized spacial score (nSPS) is 20.1. The van der Waals surface area contributed by atoms with E-state index in [1.165, 1.54) is 38.5 Å². The van der Waals surface area contributed by atoms with Gasteiger partial charge in [-0.3, -0.25) is 0 Å². The molecule has 0 spiro atoms. The lowest BCUT2D eigenvalue weighted by atomic mass is 9.90. The van der Waals surface area contributed by atoms with Gasteiger partial charge in [-0.05, 0) is 25.7 Å². The summed E-state index contributed by atoms with van der Waals surface area (Å²) in [6.07, 6.45) is 13.0.